The number of nitrogens with zero attached hydrogens (tertiary/aromatic N) is 1. The molecule has 1 N–H and O–H groups in total. The summed E-state index contributed by atoms with van der Waals surface area (Å²) in [5.74, 6) is 3.64. The molecule has 7 aliphatic rings. The fraction of sp³-hybridized carbons (Fsp3) is 0.778. The lowest BCUT2D eigenvalue weighted by Gasteiger charge is -2.49. The summed E-state index contributed by atoms with van der Waals surface area (Å²) in [6.07, 6.45) is 13.4. The second-order valence-electron chi connectivity index (χ2n) is 12.2. The van der Waals surface area contributed by atoms with Gasteiger partial charge in [-0.15, -0.1) is 0 Å². The summed E-state index contributed by atoms with van der Waals surface area (Å²) in [6.45, 7) is 8.27. The van der Waals surface area contributed by atoms with Gasteiger partial charge in [-0.05, 0) is 92.6 Å². The van der Waals surface area contributed by atoms with Crippen molar-refractivity contribution in [3.05, 3.63) is 22.8 Å². The number of hydrogen-bond acceptors (Lipinski definition) is 4. The normalized spacial score (nSPS) is 54.5. The van der Waals surface area contributed by atoms with Crippen LogP contribution < -0.4 is 5.32 Å². The topological polar surface area (TPSA) is 50.7 Å². The maximum Gasteiger partial charge on any atom is 0.155 e. The summed E-state index contributed by atoms with van der Waals surface area (Å²) in [7, 11) is 0. The van der Waals surface area contributed by atoms with Gasteiger partial charge in [0, 0.05) is 19.2 Å². The molecule has 4 aliphatic carbocycles. The van der Waals surface area contributed by atoms with Crippen molar-refractivity contribution in [1.29, 1.82) is 0 Å². The molecule has 0 aromatic rings. The van der Waals surface area contributed by atoms with Crippen molar-refractivity contribution in [2.24, 2.45) is 40.0 Å². The van der Waals surface area contributed by atoms with Crippen LogP contribution in [0.25, 0.3) is 0 Å². The van der Waals surface area contributed by atoms with Crippen LogP contribution in [0.1, 0.15) is 72.1 Å². The number of carbonyl (C=O) groups excluding carboxylic acids is 1. The van der Waals surface area contributed by atoms with E-state index in [0.29, 0.717) is 23.5 Å². The van der Waals surface area contributed by atoms with Crippen LogP contribution in [0.3, 0.4) is 0 Å². The number of allylic oxidation sites excluding steroid dienone is 3. The third-order valence-electron chi connectivity index (χ3n) is 11.0. The number of ether oxygens (including phenoxy) is 1. The molecule has 2 saturated carbocycles. The first kappa shape index (κ1) is 19.2. The van der Waals surface area contributed by atoms with E-state index in [1.165, 1.54) is 24.8 Å². The van der Waals surface area contributed by atoms with E-state index < -0.39 is 0 Å². The molecule has 4 fully saturated rings. The Labute approximate surface area is 186 Å². The highest BCUT2D eigenvalue weighted by molar-refractivity contribution is 5.91. The average molecular weight is 421 g/mol. The largest absolute Gasteiger partial charge is 0.363 e. The molecule has 0 amide bonds. The minimum absolute atomic E-state index is 0.134. The molecule has 9 atom stereocenters. The molecule has 0 aromatic heterocycles. The molecule has 4 nitrogen and oxygen atoms in total. The lowest BCUT2D eigenvalue weighted by atomic mass is 9.56. The van der Waals surface area contributed by atoms with Gasteiger partial charge in [-0.1, -0.05) is 25.0 Å². The Hall–Kier alpha value is -1.26. The molecular formula is C27H36N2O2. The highest BCUT2D eigenvalue weighted by atomic mass is 16.5. The van der Waals surface area contributed by atoms with Gasteiger partial charge in [0.15, 0.2) is 5.78 Å². The van der Waals surface area contributed by atoms with Crippen LogP contribution in [0.15, 0.2) is 27.8 Å². The smallest absolute Gasteiger partial charge is 0.155 e. The van der Waals surface area contributed by atoms with Crippen molar-refractivity contribution < 1.29 is 9.53 Å². The van der Waals surface area contributed by atoms with E-state index in [1.807, 2.05) is 6.08 Å². The molecule has 0 unspecified atom stereocenters. The van der Waals surface area contributed by atoms with Crippen LogP contribution in [0.2, 0.25) is 0 Å². The van der Waals surface area contributed by atoms with Gasteiger partial charge in [-0.25, -0.2) is 0 Å². The standard InChI is InChI=1S/C27H36N2O2/c1-15-10-24-27(28-13-15)23(14-29-27)26(31-24)9-7-19-20-5-4-17-11-18(30)6-8-25(17,3)22(20)12-21(19)16(26)2/h11,14-15,19-20,22-24,28H,4-10,12-13H2,1-3H3/t15-,19-,20-,22-,23-,24+,25-,26-,27+/m0/s1. The van der Waals surface area contributed by atoms with Gasteiger partial charge in [0.1, 0.15) is 11.3 Å². The molecule has 3 heterocycles. The van der Waals surface area contributed by atoms with Gasteiger partial charge in [-0.3, -0.25) is 15.1 Å². The van der Waals surface area contributed by atoms with Gasteiger partial charge in [0.25, 0.3) is 0 Å². The lowest BCUT2D eigenvalue weighted by Crippen LogP contribution is -2.65. The SMILES string of the molecule is CC1=C2C[C@H]3[C@@H](CCC4=CC(=O)CC[C@@]43C)[C@@H]2CC[C@]12O[C@@H]1C[C@H](C)CN[C@]13N=C[C@H]32. The van der Waals surface area contributed by atoms with Gasteiger partial charge < -0.3 is 4.74 Å². The Bertz CT molecular complexity index is 964. The summed E-state index contributed by atoms with van der Waals surface area (Å²) < 4.78 is 7.06. The Morgan fingerprint density at radius 2 is 2.10 bits per heavy atom. The van der Waals surface area contributed by atoms with E-state index >= 15 is 0 Å². The maximum absolute atomic E-state index is 12.1. The summed E-state index contributed by atoms with van der Waals surface area (Å²) in [6, 6.07) is 0. The number of nitrogens with one attached hydrogen (secondary N) is 1. The first-order chi connectivity index (χ1) is 14.9. The number of rotatable bonds is 0. The number of carbonyl (C=O) groups is 1. The second-order valence-corrected chi connectivity index (χ2v) is 12.2. The molecule has 166 valence electrons. The van der Waals surface area contributed by atoms with E-state index in [-0.39, 0.29) is 22.8 Å². The summed E-state index contributed by atoms with van der Waals surface area (Å²) in [5, 5.41) is 3.81. The molecule has 7 rings (SSSR count). The molecular weight excluding hydrogens is 384 g/mol. The van der Waals surface area contributed by atoms with Crippen LogP contribution in [-0.2, 0) is 9.53 Å². The van der Waals surface area contributed by atoms with Gasteiger partial charge in [0.2, 0.25) is 0 Å². The van der Waals surface area contributed by atoms with Crippen LogP contribution in [-0.4, -0.2) is 35.9 Å². The van der Waals surface area contributed by atoms with E-state index in [0.717, 1.165) is 50.5 Å². The molecule has 0 aromatic carbocycles. The molecule has 0 bridgehead atoms. The molecule has 0 radical (unpaired) electrons. The Balaban J connectivity index is 1.27. The van der Waals surface area contributed by atoms with Crippen molar-refractivity contribution in [2.45, 2.75) is 89.5 Å². The number of ketones is 1. The van der Waals surface area contributed by atoms with Crippen molar-refractivity contribution in [1.82, 2.24) is 5.32 Å². The van der Waals surface area contributed by atoms with Gasteiger partial charge in [0.05, 0.1) is 12.0 Å². The quantitative estimate of drug-likeness (QED) is 0.583. The van der Waals surface area contributed by atoms with Gasteiger partial charge in [-0.2, -0.15) is 0 Å². The fourth-order valence-corrected chi connectivity index (χ4v) is 9.21. The predicted octanol–water partition coefficient (Wildman–Crippen LogP) is 4.60. The Kier molecular flexibility index (Phi) is 3.72. The van der Waals surface area contributed by atoms with Crippen LogP contribution in [0.4, 0.5) is 0 Å². The zero-order valence-electron chi connectivity index (χ0n) is 19.2. The first-order valence-corrected chi connectivity index (χ1v) is 12.8. The minimum Gasteiger partial charge on any atom is -0.363 e. The van der Waals surface area contributed by atoms with E-state index in [2.05, 4.69) is 32.3 Å². The molecule has 4 heteroatoms. The second kappa shape index (κ2) is 5.99. The Morgan fingerprint density at radius 3 is 2.90 bits per heavy atom. The van der Waals surface area contributed by atoms with Crippen molar-refractivity contribution >= 4 is 12.0 Å². The van der Waals surface area contributed by atoms with E-state index in [4.69, 9.17) is 9.73 Å². The van der Waals surface area contributed by atoms with E-state index in [1.54, 1.807) is 11.1 Å². The summed E-state index contributed by atoms with van der Waals surface area (Å²) in [4.78, 5) is 17.0. The summed E-state index contributed by atoms with van der Waals surface area (Å²) >= 11 is 0. The highest BCUT2D eigenvalue weighted by Gasteiger charge is 2.70. The van der Waals surface area contributed by atoms with Crippen LogP contribution in [0, 0.1) is 35.0 Å². The summed E-state index contributed by atoms with van der Waals surface area (Å²) in [5.41, 5.74) is 4.68. The van der Waals surface area contributed by atoms with Crippen molar-refractivity contribution in [3.63, 3.8) is 0 Å². The number of piperidine rings is 1. The number of aliphatic imine (C=N–C) groups is 1. The predicted molar refractivity (Wildman–Crippen MR) is 121 cm³/mol. The first-order valence-electron chi connectivity index (χ1n) is 12.8. The van der Waals surface area contributed by atoms with Crippen LogP contribution >= 0.6 is 0 Å². The highest BCUT2D eigenvalue weighted by Crippen LogP contribution is 2.66. The molecule has 2 spiro atoms. The monoisotopic (exact) mass is 420 g/mol. The zero-order valence-corrected chi connectivity index (χ0v) is 19.2. The number of hydrogen-bond donors (Lipinski definition) is 1. The molecule has 3 aliphatic heterocycles. The Morgan fingerprint density at radius 1 is 1.23 bits per heavy atom. The fourth-order valence-electron chi connectivity index (χ4n) is 9.21. The third kappa shape index (κ3) is 2.20. The number of fused-ring (bicyclic) bond motifs is 6. The van der Waals surface area contributed by atoms with Crippen molar-refractivity contribution in [3.8, 4) is 0 Å². The lowest BCUT2D eigenvalue weighted by molar-refractivity contribution is -0.116. The molecule has 2 saturated heterocycles. The van der Waals surface area contributed by atoms with E-state index in [9.17, 15) is 4.79 Å². The van der Waals surface area contributed by atoms with Crippen molar-refractivity contribution in [2.75, 3.05) is 6.54 Å². The average Bonchev–Trinajstić information content (AvgIpc) is 3.19. The van der Waals surface area contributed by atoms with Crippen LogP contribution in [0.5, 0.6) is 0 Å². The maximum atomic E-state index is 12.1. The third-order valence-corrected chi connectivity index (χ3v) is 11.0. The van der Waals surface area contributed by atoms with Gasteiger partial charge >= 0.3 is 0 Å². The minimum atomic E-state index is -0.155. The zero-order chi connectivity index (χ0) is 21.2. The molecule has 31 heavy (non-hydrogen) atoms.